The maximum atomic E-state index is 9.62. The lowest BCUT2D eigenvalue weighted by atomic mass is 9.73. The predicted octanol–water partition coefficient (Wildman–Crippen LogP) is 5.03. The van der Waals surface area contributed by atoms with Crippen molar-refractivity contribution in [3.05, 3.63) is 88.2 Å². The van der Waals surface area contributed by atoms with E-state index in [-0.39, 0.29) is 17.3 Å². The molecule has 2 aromatic heterocycles. The Morgan fingerprint density at radius 1 is 1.11 bits per heavy atom. The fraction of sp³-hybridized carbons (Fsp3) is 0.294. The van der Waals surface area contributed by atoms with Crippen LogP contribution in [0.4, 0.5) is 17.5 Å². The number of nitriles is 1. The molecule has 234 valence electrons. The van der Waals surface area contributed by atoms with Gasteiger partial charge in [0.2, 0.25) is 0 Å². The number of halogens is 1. The molecule has 6 rings (SSSR count). The Kier molecular flexibility index (Phi) is 9.09. The third kappa shape index (κ3) is 6.49. The van der Waals surface area contributed by atoms with Crippen LogP contribution in [0.25, 0.3) is 0 Å². The van der Waals surface area contributed by atoms with Crippen molar-refractivity contribution in [3.8, 4) is 23.8 Å². The molecule has 0 amide bonds. The van der Waals surface area contributed by atoms with Gasteiger partial charge in [0.25, 0.3) is 0 Å². The van der Waals surface area contributed by atoms with E-state index in [2.05, 4.69) is 56.1 Å². The highest BCUT2D eigenvalue weighted by atomic mass is 35.5. The van der Waals surface area contributed by atoms with Crippen LogP contribution in [0.5, 0.6) is 5.75 Å². The number of pyridine rings is 1. The number of fused-ring (bicyclic) bond motifs is 1. The summed E-state index contributed by atoms with van der Waals surface area (Å²) in [5.41, 5.74) is 23.5. The molecular formula is C34H34ClN9OS. The molecule has 1 fully saturated rings. The van der Waals surface area contributed by atoms with Gasteiger partial charge in [0.15, 0.2) is 12.0 Å². The molecule has 12 heteroatoms. The SMILES string of the molecule is COc1ccc(CN(C#N)CC#Cc2ccc3c(c2)[C@@H](N)C2(CCN(c4cnc(Sc5ccnc(N)c5Cl)c(N)n4)CC2)C3)cc1. The van der Waals surface area contributed by atoms with Crippen molar-refractivity contribution in [2.24, 2.45) is 11.1 Å². The second kappa shape index (κ2) is 13.4. The van der Waals surface area contributed by atoms with Crippen molar-refractivity contribution in [3.63, 3.8) is 0 Å². The largest absolute Gasteiger partial charge is 0.497 e. The minimum Gasteiger partial charge on any atom is -0.497 e. The summed E-state index contributed by atoms with van der Waals surface area (Å²) in [4.78, 5) is 17.8. The van der Waals surface area contributed by atoms with Gasteiger partial charge in [-0.2, -0.15) is 5.26 Å². The Morgan fingerprint density at radius 3 is 2.61 bits per heavy atom. The lowest BCUT2D eigenvalue weighted by Crippen LogP contribution is -2.44. The monoisotopic (exact) mass is 651 g/mol. The van der Waals surface area contributed by atoms with Gasteiger partial charge in [0.1, 0.15) is 22.4 Å². The fourth-order valence-corrected chi connectivity index (χ4v) is 7.18. The second-order valence-electron chi connectivity index (χ2n) is 11.6. The molecule has 1 aliphatic heterocycles. The average Bonchev–Trinajstić information content (AvgIpc) is 3.34. The molecule has 6 N–H and O–H groups in total. The zero-order valence-electron chi connectivity index (χ0n) is 25.4. The van der Waals surface area contributed by atoms with Gasteiger partial charge >= 0.3 is 0 Å². The van der Waals surface area contributed by atoms with Crippen molar-refractivity contribution in [2.75, 3.05) is 43.1 Å². The summed E-state index contributed by atoms with van der Waals surface area (Å²) in [5.74, 6) is 8.54. The third-order valence-electron chi connectivity index (χ3n) is 8.78. The number of nitrogens with zero attached hydrogens (tertiary/aromatic N) is 6. The number of anilines is 3. The van der Waals surface area contributed by atoms with Gasteiger partial charge in [0, 0.05) is 35.8 Å². The van der Waals surface area contributed by atoms with Crippen LogP contribution in [0, 0.1) is 28.7 Å². The minimum absolute atomic E-state index is 0.0202. The molecule has 2 aromatic carbocycles. The van der Waals surface area contributed by atoms with Gasteiger partial charge in [-0.1, -0.05) is 53.4 Å². The van der Waals surface area contributed by atoms with Crippen LogP contribution < -0.4 is 26.8 Å². The summed E-state index contributed by atoms with van der Waals surface area (Å²) in [5, 5.41) is 10.6. The molecular weight excluding hydrogens is 618 g/mol. The van der Waals surface area contributed by atoms with Gasteiger partial charge in [-0.15, -0.1) is 0 Å². The summed E-state index contributed by atoms with van der Waals surface area (Å²) in [6.07, 6.45) is 8.38. The number of ether oxygens (including phenoxy) is 1. The van der Waals surface area contributed by atoms with Gasteiger partial charge < -0.3 is 26.8 Å². The number of nitrogen functional groups attached to an aromatic ring is 2. The predicted molar refractivity (Wildman–Crippen MR) is 181 cm³/mol. The molecule has 0 bridgehead atoms. The molecule has 0 saturated carbocycles. The lowest BCUT2D eigenvalue weighted by molar-refractivity contribution is 0.187. The van der Waals surface area contributed by atoms with Crippen molar-refractivity contribution < 1.29 is 4.74 Å². The van der Waals surface area contributed by atoms with Gasteiger partial charge in [-0.3, -0.25) is 4.90 Å². The number of benzene rings is 2. The first-order valence-electron chi connectivity index (χ1n) is 14.9. The highest BCUT2D eigenvalue weighted by molar-refractivity contribution is 7.99. The van der Waals surface area contributed by atoms with E-state index < -0.39 is 0 Å². The molecule has 2 aliphatic rings. The summed E-state index contributed by atoms with van der Waals surface area (Å²) in [6.45, 7) is 2.44. The summed E-state index contributed by atoms with van der Waals surface area (Å²) in [6, 6.07) is 15.7. The number of piperidine rings is 1. The number of hydrogen-bond donors (Lipinski definition) is 3. The zero-order chi connectivity index (χ0) is 32.3. The summed E-state index contributed by atoms with van der Waals surface area (Å²) < 4.78 is 5.21. The number of aromatic nitrogens is 3. The Labute approximate surface area is 277 Å². The van der Waals surface area contributed by atoms with E-state index in [1.54, 1.807) is 30.5 Å². The second-order valence-corrected chi connectivity index (χ2v) is 13.0. The topological polar surface area (TPSA) is 156 Å². The summed E-state index contributed by atoms with van der Waals surface area (Å²) >= 11 is 7.61. The van der Waals surface area contributed by atoms with Crippen LogP contribution in [0.1, 0.15) is 41.1 Å². The molecule has 1 atom stereocenters. The smallest absolute Gasteiger partial charge is 0.180 e. The molecule has 0 radical (unpaired) electrons. The van der Waals surface area contributed by atoms with Gasteiger partial charge in [-0.05, 0) is 71.7 Å². The first-order chi connectivity index (χ1) is 22.3. The third-order valence-corrected chi connectivity index (χ3v) is 10.4. The van der Waals surface area contributed by atoms with E-state index in [0.29, 0.717) is 29.0 Å². The Morgan fingerprint density at radius 2 is 1.89 bits per heavy atom. The molecule has 1 aliphatic carbocycles. The normalized spacial score (nSPS) is 16.3. The number of methoxy groups -OCH3 is 1. The van der Waals surface area contributed by atoms with Crippen LogP contribution >= 0.6 is 23.4 Å². The van der Waals surface area contributed by atoms with Crippen LogP contribution in [-0.2, 0) is 13.0 Å². The number of rotatable bonds is 7. The van der Waals surface area contributed by atoms with Crippen LogP contribution in [-0.4, -0.2) is 46.6 Å². The first-order valence-corrected chi connectivity index (χ1v) is 16.1. The number of nitrogens with two attached hydrogens (primary N) is 3. The molecule has 0 unspecified atom stereocenters. The summed E-state index contributed by atoms with van der Waals surface area (Å²) in [7, 11) is 1.63. The van der Waals surface area contributed by atoms with Crippen molar-refractivity contribution >= 4 is 40.8 Å². The molecule has 10 nitrogen and oxygen atoms in total. The standard InChI is InChI=1S/C34H34ClN9OS/c1-45-25-8-5-23(6-9-25)20-43(21-36)14-2-3-22-4-7-24-18-34(30(37)26(24)17-22)11-15-44(16-12-34)28-19-41-33(32(39)42-28)46-27-10-13-40-31(38)29(27)35/h4-10,13,17,19,30H,11-12,14-16,18,20,37H2,1H3,(H2,38,40)(H2,39,42)/t30-/m1/s1. The Hall–Kier alpha value is -4.68. The van der Waals surface area contributed by atoms with Gasteiger partial charge in [0.05, 0.1) is 31.4 Å². The molecule has 46 heavy (non-hydrogen) atoms. The van der Waals surface area contributed by atoms with E-state index in [1.807, 2.05) is 24.3 Å². The fourth-order valence-electron chi connectivity index (χ4n) is 6.16. The van der Waals surface area contributed by atoms with Gasteiger partial charge in [-0.25, -0.2) is 15.0 Å². The Balaban J connectivity index is 1.07. The van der Waals surface area contributed by atoms with E-state index in [4.69, 9.17) is 33.5 Å². The quantitative estimate of drug-likeness (QED) is 0.140. The molecule has 4 aromatic rings. The highest BCUT2D eigenvalue weighted by Crippen LogP contribution is 2.51. The van der Waals surface area contributed by atoms with E-state index >= 15 is 0 Å². The molecule has 3 heterocycles. The van der Waals surface area contributed by atoms with Crippen LogP contribution in [0.15, 0.2) is 70.8 Å². The first kappa shape index (κ1) is 31.3. The van der Waals surface area contributed by atoms with Crippen molar-refractivity contribution in [1.29, 1.82) is 5.26 Å². The number of hydrogen-bond acceptors (Lipinski definition) is 11. The van der Waals surface area contributed by atoms with E-state index in [1.165, 1.54) is 17.3 Å². The maximum absolute atomic E-state index is 9.62. The van der Waals surface area contributed by atoms with E-state index in [9.17, 15) is 5.26 Å². The van der Waals surface area contributed by atoms with Crippen molar-refractivity contribution in [1.82, 2.24) is 19.9 Å². The van der Waals surface area contributed by atoms with E-state index in [0.717, 1.165) is 65.5 Å². The highest BCUT2D eigenvalue weighted by Gasteiger charge is 2.46. The van der Waals surface area contributed by atoms with Crippen molar-refractivity contribution in [2.45, 2.75) is 41.8 Å². The zero-order valence-corrected chi connectivity index (χ0v) is 27.0. The van der Waals surface area contributed by atoms with Crippen LogP contribution in [0.2, 0.25) is 5.02 Å². The van der Waals surface area contributed by atoms with Crippen LogP contribution in [0.3, 0.4) is 0 Å². The average molecular weight is 652 g/mol. The maximum Gasteiger partial charge on any atom is 0.180 e. The Bertz CT molecular complexity index is 1840. The molecule has 1 spiro atoms. The lowest BCUT2D eigenvalue weighted by Gasteiger charge is -2.42. The minimum atomic E-state index is -0.0791. The molecule has 1 saturated heterocycles.